The zero-order valence-electron chi connectivity index (χ0n) is 16.6. The van der Waals surface area contributed by atoms with Crippen LogP contribution >= 0.6 is 11.3 Å². The lowest BCUT2D eigenvalue weighted by Crippen LogP contribution is -1.99. The van der Waals surface area contributed by atoms with E-state index in [1.807, 2.05) is 48.7 Å². The Morgan fingerprint density at radius 2 is 1.90 bits per heavy atom. The van der Waals surface area contributed by atoms with Crippen molar-refractivity contribution in [3.8, 4) is 23.2 Å². The minimum Gasteiger partial charge on any atom is -0.337 e. The second-order valence-electron chi connectivity index (χ2n) is 6.89. The maximum Gasteiger partial charge on any atom is 0.149 e. The highest BCUT2D eigenvalue weighted by Gasteiger charge is 2.20. The largest absolute Gasteiger partial charge is 0.337 e. The van der Waals surface area contributed by atoms with Crippen LogP contribution in [-0.2, 0) is 0 Å². The van der Waals surface area contributed by atoms with Crippen LogP contribution in [0.5, 0.6) is 0 Å². The lowest BCUT2D eigenvalue weighted by Gasteiger charge is -2.07. The van der Waals surface area contributed by atoms with Crippen molar-refractivity contribution < 1.29 is 0 Å². The molecule has 0 amide bonds. The molecule has 6 nitrogen and oxygen atoms in total. The molecule has 0 radical (unpaired) electrons. The third-order valence-electron chi connectivity index (χ3n) is 5.08. The molecule has 3 aromatic heterocycles. The molecule has 0 spiro atoms. The minimum atomic E-state index is 0.423. The Balaban J connectivity index is 1.86. The molecule has 0 bridgehead atoms. The molecule has 30 heavy (non-hydrogen) atoms. The lowest BCUT2D eigenvalue weighted by atomic mass is 10.1. The first kappa shape index (κ1) is 19.2. The predicted molar refractivity (Wildman–Crippen MR) is 117 cm³/mol. The van der Waals surface area contributed by atoms with Crippen LogP contribution in [0.25, 0.3) is 27.7 Å². The van der Waals surface area contributed by atoms with E-state index in [9.17, 15) is 15.8 Å². The first-order valence-electron chi connectivity index (χ1n) is 9.18. The smallest absolute Gasteiger partial charge is 0.149 e. The van der Waals surface area contributed by atoms with Gasteiger partial charge in [-0.05, 0) is 56.2 Å². The fraction of sp³-hybridized carbons (Fsp3) is 0.130. The Labute approximate surface area is 177 Å². The number of hydrogen-bond acceptors (Lipinski definition) is 5. The number of imidazole rings is 1. The predicted octanol–water partition coefficient (Wildman–Crippen LogP) is 5.15. The standard InChI is InChI=1S/C23H16N6S/c1-13-8-16(9-17(10-24)22-27-19-6-4-5-7-20(19)28-22)15(3)29(13)23-18(11-25)14(2)21(12-26)30-23/h4-9H,1-3H3,(H,27,28). The van der Waals surface area contributed by atoms with Gasteiger partial charge in [-0.3, -0.25) is 0 Å². The third-order valence-corrected chi connectivity index (χ3v) is 6.26. The summed E-state index contributed by atoms with van der Waals surface area (Å²) >= 11 is 1.30. The van der Waals surface area contributed by atoms with Gasteiger partial charge >= 0.3 is 0 Å². The highest BCUT2D eigenvalue weighted by atomic mass is 32.1. The Morgan fingerprint density at radius 3 is 2.57 bits per heavy atom. The molecule has 0 fully saturated rings. The molecule has 1 aromatic carbocycles. The molecular weight excluding hydrogens is 392 g/mol. The highest BCUT2D eigenvalue weighted by molar-refractivity contribution is 7.15. The van der Waals surface area contributed by atoms with Crippen molar-refractivity contribution in [2.24, 2.45) is 0 Å². The number of para-hydroxylation sites is 2. The summed E-state index contributed by atoms with van der Waals surface area (Å²) in [6.07, 6.45) is 1.80. The number of nitriles is 3. The van der Waals surface area contributed by atoms with Crippen LogP contribution in [-0.4, -0.2) is 14.5 Å². The van der Waals surface area contributed by atoms with E-state index in [4.69, 9.17) is 0 Å². The van der Waals surface area contributed by atoms with Crippen molar-refractivity contribution in [2.75, 3.05) is 0 Å². The highest BCUT2D eigenvalue weighted by Crippen LogP contribution is 2.34. The van der Waals surface area contributed by atoms with E-state index in [2.05, 4.69) is 28.2 Å². The summed E-state index contributed by atoms with van der Waals surface area (Å²) in [6.45, 7) is 5.68. The molecule has 0 saturated heterocycles. The van der Waals surface area contributed by atoms with Crippen molar-refractivity contribution >= 4 is 34.0 Å². The topological polar surface area (TPSA) is 105 Å². The number of rotatable bonds is 3. The Morgan fingerprint density at radius 1 is 1.13 bits per heavy atom. The molecule has 0 unspecified atom stereocenters. The molecule has 0 atom stereocenters. The van der Waals surface area contributed by atoms with Crippen LogP contribution in [0, 0.1) is 54.8 Å². The molecular formula is C23H16N6S. The normalized spacial score (nSPS) is 11.3. The Hall–Kier alpha value is -4.12. The van der Waals surface area contributed by atoms with Gasteiger partial charge in [-0.15, -0.1) is 11.3 Å². The quantitative estimate of drug-likeness (QED) is 0.473. The second kappa shape index (κ2) is 7.37. The average Bonchev–Trinajstić information content (AvgIpc) is 3.39. The number of hydrogen-bond donors (Lipinski definition) is 1. The van der Waals surface area contributed by atoms with Gasteiger partial charge in [0.1, 0.15) is 33.9 Å². The maximum absolute atomic E-state index is 9.74. The molecule has 0 aliphatic carbocycles. The SMILES string of the molecule is Cc1c(C#N)sc(-n2c(C)cc(C=C(C#N)c3nc4ccccc4[nH]3)c2C)c1C#N. The Kier molecular flexibility index (Phi) is 4.72. The van der Waals surface area contributed by atoms with Gasteiger partial charge in [-0.2, -0.15) is 15.8 Å². The lowest BCUT2D eigenvalue weighted by molar-refractivity contribution is 0.980. The van der Waals surface area contributed by atoms with Crippen molar-refractivity contribution in [3.05, 3.63) is 69.1 Å². The number of aromatic nitrogens is 3. The van der Waals surface area contributed by atoms with Gasteiger partial charge in [0.15, 0.2) is 0 Å². The van der Waals surface area contributed by atoms with Crippen LogP contribution in [0.4, 0.5) is 0 Å². The molecule has 144 valence electrons. The fourth-order valence-corrected chi connectivity index (χ4v) is 4.70. The third kappa shape index (κ3) is 2.97. The molecule has 4 aromatic rings. The van der Waals surface area contributed by atoms with E-state index in [0.717, 1.165) is 33.0 Å². The van der Waals surface area contributed by atoms with Crippen LogP contribution in [0.2, 0.25) is 0 Å². The summed E-state index contributed by atoms with van der Waals surface area (Å²) in [4.78, 5) is 8.24. The number of nitrogens with zero attached hydrogens (tertiary/aromatic N) is 5. The van der Waals surface area contributed by atoms with Gasteiger partial charge < -0.3 is 9.55 Å². The molecule has 0 aliphatic heterocycles. The van der Waals surface area contributed by atoms with E-state index in [-0.39, 0.29) is 0 Å². The summed E-state index contributed by atoms with van der Waals surface area (Å²) in [5.41, 5.74) is 5.97. The van der Waals surface area contributed by atoms with Gasteiger partial charge in [0, 0.05) is 11.4 Å². The number of aryl methyl sites for hydroxylation is 1. The number of aromatic amines is 1. The van der Waals surface area contributed by atoms with Gasteiger partial charge in [-0.25, -0.2) is 4.98 Å². The molecule has 0 saturated carbocycles. The second-order valence-corrected chi connectivity index (χ2v) is 7.89. The minimum absolute atomic E-state index is 0.423. The molecule has 1 N–H and O–H groups in total. The van der Waals surface area contributed by atoms with Crippen LogP contribution < -0.4 is 0 Å². The number of nitrogens with one attached hydrogen (secondary N) is 1. The first-order valence-corrected chi connectivity index (χ1v) is 10.00. The van der Waals surface area contributed by atoms with Crippen LogP contribution in [0.15, 0.2) is 30.3 Å². The van der Waals surface area contributed by atoms with Gasteiger partial charge in [0.05, 0.1) is 22.2 Å². The van der Waals surface area contributed by atoms with E-state index >= 15 is 0 Å². The summed E-state index contributed by atoms with van der Waals surface area (Å²) in [5, 5.41) is 29.5. The van der Waals surface area contributed by atoms with Crippen molar-refractivity contribution in [3.63, 3.8) is 0 Å². The first-order chi connectivity index (χ1) is 14.5. The van der Waals surface area contributed by atoms with E-state index < -0.39 is 0 Å². The summed E-state index contributed by atoms with van der Waals surface area (Å²) < 4.78 is 1.97. The van der Waals surface area contributed by atoms with E-state index in [1.165, 1.54) is 11.3 Å². The molecule has 3 heterocycles. The van der Waals surface area contributed by atoms with Crippen molar-refractivity contribution in [1.82, 2.24) is 14.5 Å². The van der Waals surface area contributed by atoms with Crippen molar-refractivity contribution in [1.29, 1.82) is 15.8 Å². The number of thiophene rings is 1. The number of fused-ring (bicyclic) bond motifs is 1. The molecule has 0 aliphatic rings. The number of H-pyrrole nitrogens is 1. The van der Waals surface area contributed by atoms with Crippen LogP contribution in [0.3, 0.4) is 0 Å². The monoisotopic (exact) mass is 408 g/mol. The fourth-order valence-electron chi connectivity index (χ4n) is 3.53. The van der Waals surface area contributed by atoms with Crippen molar-refractivity contribution in [2.45, 2.75) is 20.8 Å². The summed E-state index contributed by atoms with van der Waals surface area (Å²) in [7, 11) is 0. The van der Waals surface area contributed by atoms with Gasteiger partial charge in [0.25, 0.3) is 0 Å². The van der Waals surface area contributed by atoms with E-state index in [0.29, 0.717) is 27.4 Å². The number of benzene rings is 1. The summed E-state index contributed by atoms with van der Waals surface area (Å²) in [6, 6.07) is 16.2. The van der Waals surface area contributed by atoms with E-state index in [1.54, 1.807) is 13.0 Å². The molecule has 7 heteroatoms. The van der Waals surface area contributed by atoms with Gasteiger partial charge in [0.2, 0.25) is 0 Å². The van der Waals surface area contributed by atoms with Gasteiger partial charge in [-0.1, -0.05) is 12.1 Å². The zero-order valence-corrected chi connectivity index (χ0v) is 17.4. The number of allylic oxidation sites excluding steroid dienone is 1. The molecule has 4 rings (SSSR count). The Bertz CT molecular complexity index is 1420. The summed E-state index contributed by atoms with van der Waals surface area (Å²) in [5.74, 6) is 0.514. The average molecular weight is 408 g/mol. The zero-order chi connectivity index (χ0) is 21.4. The van der Waals surface area contributed by atoms with Crippen LogP contribution in [0.1, 0.15) is 38.8 Å². The maximum atomic E-state index is 9.74.